The van der Waals surface area contributed by atoms with E-state index in [0.29, 0.717) is 11.8 Å². The molecule has 0 rings (SSSR count). The average Bonchev–Trinajstić information content (AvgIpc) is 2.34. The van der Waals surface area contributed by atoms with E-state index in [4.69, 9.17) is 0 Å². The minimum atomic E-state index is 0.255. The third-order valence-corrected chi connectivity index (χ3v) is 2.80. The first-order valence-corrected chi connectivity index (χ1v) is 6.54. The van der Waals surface area contributed by atoms with Crippen molar-refractivity contribution in [3.63, 3.8) is 0 Å². The highest BCUT2D eigenvalue weighted by Gasteiger charge is 2.02. The first-order valence-electron chi connectivity index (χ1n) is 6.54. The van der Waals surface area contributed by atoms with Crippen LogP contribution in [-0.2, 0) is 9.59 Å². The predicted molar refractivity (Wildman–Crippen MR) is 74.0 cm³/mol. The van der Waals surface area contributed by atoms with Crippen LogP contribution < -0.4 is 0 Å². The molecule has 0 aromatic carbocycles. The van der Waals surface area contributed by atoms with Gasteiger partial charge in [-0.1, -0.05) is 54.0 Å². The van der Waals surface area contributed by atoms with Crippen LogP contribution in [0.3, 0.4) is 0 Å². The van der Waals surface area contributed by atoms with E-state index in [0.717, 1.165) is 31.0 Å². The van der Waals surface area contributed by atoms with Gasteiger partial charge in [0.1, 0.15) is 12.6 Å². The van der Waals surface area contributed by atoms with E-state index in [1.165, 1.54) is 0 Å². The summed E-state index contributed by atoms with van der Waals surface area (Å²) >= 11 is 0. The van der Waals surface area contributed by atoms with E-state index in [1.54, 1.807) is 0 Å². The Morgan fingerprint density at radius 3 is 1.59 bits per heavy atom. The minimum Gasteiger partial charge on any atom is -0.303 e. The van der Waals surface area contributed by atoms with Gasteiger partial charge in [-0.3, -0.25) is 4.79 Å². The number of allylic oxidation sites excluding steroid dienone is 2. The maximum Gasteiger partial charge on any atom is 0.145 e. The Kier molecular flexibility index (Phi) is 12.5. The number of carbonyl (C=O) groups is 2. The largest absolute Gasteiger partial charge is 0.303 e. The molecule has 0 amide bonds. The molecule has 2 unspecified atom stereocenters. The molecule has 0 heterocycles. The van der Waals surface area contributed by atoms with Gasteiger partial charge in [0.05, 0.1) is 0 Å². The van der Waals surface area contributed by atoms with Crippen LogP contribution in [0.25, 0.3) is 0 Å². The van der Waals surface area contributed by atoms with E-state index in [9.17, 15) is 9.59 Å². The molecule has 100 valence electrons. The van der Waals surface area contributed by atoms with Crippen LogP contribution in [0.5, 0.6) is 0 Å². The monoisotopic (exact) mass is 240 g/mol. The summed E-state index contributed by atoms with van der Waals surface area (Å²) < 4.78 is 0. The van der Waals surface area contributed by atoms with Gasteiger partial charge in [0.25, 0.3) is 0 Å². The molecule has 0 saturated carbocycles. The first kappa shape index (κ1) is 18.4. The molecule has 2 atom stereocenters. The summed E-state index contributed by atoms with van der Waals surface area (Å²) in [5.74, 6) is 1.14. The second-order valence-corrected chi connectivity index (χ2v) is 4.85. The van der Waals surface area contributed by atoms with Gasteiger partial charge in [-0.05, 0) is 23.8 Å². The quantitative estimate of drug-likeness (QED) is 0.518. The fourth-order valence-electron chi connectivity index (χ4n) is 0.910. The van der Waals surface area contributed by atoms with Crippen molar-refractivity contribution in [2.75, 3.05) is 0 Å². The standard InChI is InChI=1S/C10H18O.C5H10O/c1-5-9(4)6-10(7-11)8(2)3;1-3-5(2)4-6/h6-9H,5H2,1-4H3;4-5H,3H2,1-2H3/b10-6-;. The van der Waals surface area contributed by atoms with Crippen LogP contribution in [0.2, 0.25) is 0 Å². The Morgan fingerprint density at radius 2 is 1.41 bits per heavy atom. The summed E-state index contributed by atoms with van der Waals surface area (Å²) in [5.41, 5.74) is 0.930. The topological polar surface area (TPSA) is 34.1 Å². The molecule has 0 aromatic rings. The molecule has 0 N–H and O–H groups in total. The van der Waals surface area contributed by atoms with Crippen LogP contribution in [0.4, 0.5) is 0 Å². The lowest BCUT2D eigenvalue weighted by molar-refractivity contribution is -0.110. The second kappa shape index (κ2) is 11.6. The minimum absolute atomic E-state index is 0.255. The van der Waals surface area contributed by atoms with Crippen molar-refractivity contribution in [1.82, 2.24) is 0 Å². The Bertz CT molecular complexity index is 229. The maximum absolute atomic E-state index is 10.5. The van der Waals surface area contributed by atoms with E-state index in [-0.39, 0.29) is 5.92 Å². The van der Waals surface area contributed by atoms with Crippen molar-refractivity contribution in [3.8, 4) is 0 Å². The normalized spacial score (nSPS) is 14.6. The van der Waals surface area contributed by atoms with Gasteiger partial charge >= 0.3 is 0 Å². The molecule has 2 heteroatoms. The Balaban J connectivity index is 0. The van der Waals surface area contributed by atoms with Gasteiger partial charge in [0, 0.05) is 5.92 Å². The summed E-state index contributed by atoms with van der Waals surface area (Å²) in [6.45, 7) is 12.3. The van der Waals surface area contributed by atoms with Crippen molar-refractivity contribution in [2.24, 2.45) is 17.8 Å². The fourth-order valence-corrected chi connectivity index (χ4v) is 0.910. The molecule has 0 radical (unpaired) electrons. The first-order chi connectivity index (χ1) is 7.92. The van der Waals surface area contributed by atoms with E-state index >= 15 is 0 Å². The highest BCUT2D eigenvalue weighted by atomic mass is 16.1. The number of carbonyl (C=O) groups excluding carboxylic acids is 2. The molecule has 17 heavy (non-hydrogen) atoms. The molecular formula is C15H28O2. The number of aldehydes is 2. The summed E-state index contributed by atoms with van der Waals surface area (Å²) in [7, 11) is 0. The van der Waals surface area contributed by atoms with Gasteiger partial charge < -0.3 is 4.79 Å². The molecule has 0 bridgehead atoms. The van der Waals surface area contributed by atoms with Gasteiger partial charge in [-0.2, -0.15) is 0 Å². The zero-order valence-corrected chi connectivity index (χ0v) is 12.2. The second-order valence-electron chi connectivity index (χ2n) is 4.85. The van der Waals surface area contributed by atoms with Gasteiger partial charge in [0.15, 0.2) is 0 Å². The Hall–Kier alpha value is -0.920. The summed E-state index contributed by atoms with van der Waals surface area (Å²) in [6.07, 6.45) is 6.07. The van der Waals surface area contributed by atoms with Crippen molar-refractivity contribution < 1.29 is 9.59 Å². The average molecular weight is 240 g/mol. The number of hydrogen-bond donors (Lipinski definition) is 0. The lowest BCUT2D eigenvalue weighted by atomic mass is 9.98. The summed E-state index contributed by atoms with van der Waals surface area (Å²) in [4.78, 5) is 20.3. The van der Waals surface area contributed by atoms with E-state index < -0.39 is 0 Å². The molecule has 0 aliphatic carbocycles. The van der Waals surface area contributed by atoms with E-state index in [2.05, 4.69) is 19.9 Å². The third kappa shape index (κ3) is 11.3. The zero-order valence-electron chi connectivity index (χ0n) is 12.2. The molecule has 0 aliphatic heterocycles. The Morgan fingerprint density at radius 1 is 0.941 bits per heavy atom. The number of rotatable bonds is 6. The molecule has 0 aromatic heterocycles. The van der Waals surface area contributed by atoms with Gasteiger partial charge in [-0.15, -0.1) is 0 Å². The molecule has 0 saturated heterocycles. The van der Waals surface area contributed by atoms with Crippen LogP contribution in [-0.4, -0.2) is 12.6 Å². The predicted octanol–water partition coefficient (Wildman–Crippen LogP) is 4.05. The molecular weight excluding hydrogens is 212 g/mol. The fraction of sp³-hybridized carbons (Fsp3) is 0.733. The smallest absolute Gasteiger partial charge is 0.145 e. The lowest BCUT2D eigenvalue weighted by Gasteiger charge is -2.06. The Labute approximate surface area is 106 Å². The zero-order chi connectivity index (χ0) is 13.8. The summed E-state index contributed by atoms with van der Waals surface area (Å²) in [5, 5.41) is 0. The van der Waals surface area contributed by atoms with Crippen LogP contribution >= 0.6 is 0 Å². The lowest BCUT2D eigenvalue weighted by Crippen LogP contribution is -1.98. The van der Waals surface area contributed by atoms with Crippen molar-refractivity contribution in [1.29, 1.82) is 0 Å². The highest BCUT2D eigenvalue weighted by molar-refractivity contribution is 5.73. The molecule has 2 nitrogen and oxygen atoms in total. The van der Waals surface area contributed by atoms with Crippen LogP contribution in [0.1, 0.15) is 54.4 Å². The molecule has 0 aliphatic rings. The molecule has 0 fully saturated rings. The third-order valence-electron chi connectivity index (χ3n) is 2.80. The van der Waals surface area contributed by atoms with E-state index in [1.807, 2.05) is 27.7 Å². The highest BCUT2D eigenvalue weighted by Crippen LogP contribution is 2.12. The van der Waals surface area contributed by atoms with Crippen LogP contribution in [0, 0.1) is 17.8 Å². The van der Waals surface area contributed by atoms with Crippen LogP contribution in [0.15, 0.2) is 11.6 Å². The number of hydrogen-bond acceptors (Lipinski definition) is 2. The maximum atomic E-state index is 10.5. The summed E-state index contributed by atoms with van der Waals surface area (Å²) in [6, 6.07) is 0. The van der Waals surface area contributed by atoms with Crippen molar-refractivity contribution in [2.45, 2.75) is 54.4 Å². The van der Waals surface area contributed by atoms with Crippen molar-refractivity contribution >= 4 is 12.6 Å². The van der Waals surface area contributed by atoms with Gasteiger partial charge in [-0.25, -0.2) is 0 Å². The SMILES string of the molecule is CCC(C)/C=C(/C=O)C(C)C.CCC(C)C=O. The van der Waals surface area contributed by atoms with Crippen molar-refractivity contribution in [3.05, 3.63) is 11.6 Å². The van der Waals surface area contributed by atoms with Gasteiger partial charge in [0.2, 0.25) is 0 Å². The molecule has 0 spiro atoms.